The molecule has 6 aromatic rings. The van der Waals surface area contributed by atoms with Crippen LogP contribution in [0, 0.1) is 0 Å². The van der Waals surface area contributed by atoms with Gasteiger partial charge in [0.25, 0.3) is 0 Å². The van der Waals surface area contributed by atoms with E-state index in [9.17, 15) is 14.7 Å². The van der Waals surface area contributed by atoms with Gasteiger partial charge in [0.05, 0.1) is 19.1 Å². The van der Waals surface area contributed by atoms with Gasteiger partial charge in [0.15, 0.2) is 28.5 Å². The van der Waals surface area contributed by atoms with Crippen molar-refractivity contribution in [3.63, 3.8) is 0 Å². The van der Waals surface area contributed by atoms with Crippen LogP contribution in [0.15, 0.2) is 143 Å². The predicted molar refractivity (Wildman–Crippen MR) is 199 cm³/mol. The molecule has 0 unspecified atom stereocenters. The average molecular weight is 770 g/mol. The normalized spacial score (nSPS) is 11.6. The molecule has 52 heavy (non-hydrogen) atoms. The quantitative estimate of drug-likeness (QED) is 0.108. The van der Waals surface area contributed by atoms with E-state index in [1.165, 1.54) is 10.8 Å². The molecule has 8 rings (SSSR count). The molecule has 4 aromatic carbocycles. The molecule has 0 atom stereocenters. The number of hydrogen-bond acceptors (Lipinski definition) is 7. The van der Waals surface area contributed by atoms with Gasteiger partial charge >= 0.3 is 5.97 Å². The van der Waals surface area contributed by atoms with Crippen LogP contribution in [0.1, 0.15) is 43.4 Å². The Kier molecular flexibility index (Phi) is 8.58. The van der Waals surface area contributed by atoms with Crippen molar-refractivity contribution in [3.05, 3.63) is 177 Å². The largest absolute Gasteiger partial charge is 0.476 e. The Labute approximate surface area is 310 Å². The Bertz CT molecular complexity index is 2440. The Morgan fingerprint density at radius 1 is 0.808 bits per heavy atom. The standard InChI is InChI=1S/C40H26BrClN6O4/c41-35-32-24-52-21-20-28(32)31(22-47-33(23-49)43-37(42)36(47)39(50)51)34(35)29-18-10-11-19-30(29)38-44-46-48(45-38)40(25-12-4-1-5-13-25,26-14-6-2-7-15-26)27-16-8-3-9-17-27/h1-21,23-24H,22H2,(H,50,51). The van der Waals surface area contributed by atoms with Gasteiger partial charge in [0.2, 0.25) is 5.82 Å². The number of aromatic nitrogens is 6. The highest BCUT2D eigenvalue weighted by Gasteiger charge is 2.41. The van der Waals surface area contributed by atoms with E-state index in [1.54, 1.807) is 17.1 Å². The van der Waals surface area contributed by atoms with E-state index in [4.69, 9.17) is 31.4 Å². The number of hydrogen-bond donors (Lipinski definition) is 1. The van der Waals surface area contributed by atoms with Crippen LogP contribution in [0.4, 0.5) is 0 Å². The van der Waals surface area contributed by atoms with Crippen molar-refractivity contribution in [3.8, 4) is 33.6 Å². The Balaban J connectivity index is 1.35. The number of carbonyl (C=O) groups is 2. The van der Waals surface area contributed by atoms with Crippen molar-refractivity contribution in [1.29, 1.82) is 0 Å². The van der Waals surface area contributed by atoms with Crippen molar-refractivity contribution in [2.45, 2.75) is 12.1 Å². The molecule has 1 N–H and O–H groups in total. The summed E-state index contributed by atoms with van der Waals surface area (Å²) in [5, 5.41) is 24.3. The van der Waals surface area contributed by atoms with Crippen molar-refractivity contribution in [2.24, 2.45) is 0 Å². The number of imidazole rings is 1. The van der Waals surface area contributed by atoms with Crippen molar-refractivity contribution in [2.75, 3.05) is 0 Å². The molecule has 10 nitrogen and oxygen atoms in total. The van der Waals surface area contributed by atoms with Gasteiger partial charge in [-0.2, -0.15) is 0 Å². The van der Waals surface area contributed by atoms with E-state index in [0.717, 1.165) is 38.9 Å². The summed E-state index contributed by atoms with van der Waals surface area (Å²) in [5.74, 6) is -1.06. The third-order valence-corrected chi connectivity index (χ3v) is 10.3. The van der Waals surface area contributed by atoms with E-state index >= 15 is 0 Å². The summed E-state index contributed by atoms with van der Waals surface area (Å²) in [6.07, 6.45) is 3.64. The fourth-order valence-electron chi connectivity index (χ4n) is 6.94. The summed E-state index contributed by atoms with van der Waals surface area (Å²) in [5.41, 5.74) is 5.90. The summed E-state index contributed by atoms with van der Waals surface area (Å²) < 4.78 is 7.56. The van der Waals surface area contributed by atoms with Gasteiger partial charge < -0.3 is 14.1 Å². The maximum Gasteiger partial charge on any atom is 0.355 e. The highest BCUT2D eigenvalue weighted by atomic mass is 79.9. The summed E-state index contributed by atoms with van der Waals surface area (Å²) in [6.45, 7) is -0.0372. The molecule has 2 aliphatic rings. The molecule has 0 bridgehead atoms. The van der Waals surface area contributed by atoms with Crippen LogP contribution < -0.4 is 0 Å². The first kappa shape index (κ1) is 33.0. The molecule has 0 saturated heterocycles. The molecule has 0 saturated carbocycles. The van der Waals surface area contributed by atoms with Crippen LogP contribution in [0.3, 0.4) is 0 Å². The Hall–Kier alpha value is -6.17. The van der Waals surface area contributed by atoms with Gasteiger partial charge in [-0.05, 0) is 60.6 Å². The lowest BCUT2D eigenvalue weighted by molar-refractivity contribution is 0.0685. The van der Waals surface area contributed by atoms with Gasteiger partial charge in [-0.25, -0.2) is 9.78 Å². The molecule has 1 aliphatic carbocycles. The number of benzene rings is 4. The molecule has 0 radical (unpaired) electrons. The molecular weight excluding hydrogens is 744 g/mol. The predicted octanol–water partition coefficient (Wildman–Crippen LogP) is 8.72. The van der Waals surface area contributed by atoms with Gasteiger partial charge in [0.1, 0.15) is 0 Å². The van der Waals surface area contributed by atoms with Gasteiger partial charge in [-0.1, -0.05) is 127 Å². The second kappa shape index (κ2) is 13.5. The summed E-state index contributed by atoms with van der Waals surface area (Å²) >= 11 is 10.0. The summed E-state index contributed by atoms with van der Waals surface area (Å²) in [4.78, 5) is 30.1. The number of aromatic carboxylic acids is 1. The molecule has 3 heterocycles. The molecule has 2 aromatic heterocycles. The maximum absolute atomic E-state index is 12.3. The average Bonchev–Trinajstić information content (AvgIpc) is 3.88. The number of aldehydes is 1. The highest BCUT2D eigenvalue weighted by molar-refractivity contribution is 9.10. The molecule has 1 aliphatic heterocycles. The minimum absolute atomic E-state index is 0.0372. The number of tetrazole rings is 1. The molecule has 0 spiro atoms. The number of halogens is 2. The zero-order valence-corrected chi connectivity index (χ0v) is 29.4. The van der Waals surface area contributed by atoms with Gasteiger partial charge in [0, 0.05) is 21.2 Å². The third-order valence-electron chi connectivity index (χ3n) is 9.18. The fourth-order valence-corrected chi connectivity index (χ4v) is 7.97. The molecule has 0 amide bonds. The monoisotopic (exact) mass is 768 g/mol. The van der Waals surface area contributed by atoms with Crippen LogP contribution in [-0.2, 0) is 12.1 Å². The van der Waals surface area contributed by atoms with Crippen molar-refractivity contribution < 1.29 is 19.1 Å². The van der Waals surface area contributed by atoms with E-state index in [0.29, 0.717) is 27.7 Å². The lowest BCUT2D eigenvalue weighted by Crippen LogP contribution is -2.39. The highest BCUT2D eigenvalue weighted by Crippen LogP contribution is 2.49. The smallest absolute Gasteiger partial charge is 0.355 e. The topological polar surface area (TPSA) is 129 Å². The van der Waals surface area contributed by atoms with Crippen molar-refractivity contribution in [1.82, 2.24) is 29.8 Å². The van der Waals surface area contributed by atoms with E-state index in [2.05, 4.69) is 57.3 Å². The van der Waals surface area contributed by atoms with E-state index in [1.807, 2.05) is 78.9 Å². The minimum atomic E-state index is -1.31. The third kappa shape index (κ3) is 5.33. The molecule has 0 fully saturated rings. The summed E-state index contributed by atoms with van der Waals surface area (Å²) in [7, 11) is 0. The van der Waals surface area contributed by atoms with Gasteiger partial charge in [-0.15, -0.1) is 15.0 Å². The molecule has 12 heteroatoms. The van der Waals surface area contributed by atoms with E-state index < -0.39 is 11.5 Å². The zero-order chi connectivity index (χ0) is 35.8. The number of rotatable bonds is 10. The number of fused-ring (bicyclic) bond motifs is 1. The first-order valence-electron chi connectivity index (χ1n) is 16.1. The van der Waals surface area contributed by atoms with Crippen molar-refractivity contribution >= 4 is 39.8 Å². The second-order valence-electron chi connectivity index (χ2n) is 11.9. The SMILES string of the molecule is O=Cc1nc(Cl)c(C(=O)O)n1Cc1c2ccocc-2c(Br)c1-c1ccccc1-c1nnn(C(c2ccccc2)(c2ccccc2)c2ccccc2)n1. The fraction of sp³-hybridized carbons (Fsp3) is 0.0500. The Morgan fingerprint density at radius 3 is 1.96 bits per heavy atom. The number of carboxylic acid groups (broad SMARTS) is 1. The zero-order valence-electron chi connectivity index (χ0n) is 27.1. The van der Waals surface area contributed by atoms with Crippen LogP contribution in [0.25, 0.3) is 33.6 Å². The lowest BCUT2D eigenvalue weighted by atomic mass is 9.77. The minimum Gasteiger partial charge on any atom is -0.476 e. The van der Waals surface area contributed by atoms with Gasteiger partial charge in [-0.3, -0.25) is 4.79 Å². The Morgan fingerprint density at radius 2 is 1.38 bits per heavy atom. The van der Waals surface area contributed by atoms with E-state index in [-0.39, 0.29) is 23.2 Å². The number of nitrogens with zero attached hydrogens (tertiary/aromatic N) is 6. The van der Waals surface area contributed by atoms with Crippen LogP contribution in [0.2, 0.25) is 5.15 Å². The first-order chi connectivity index (χ1) is 25.4. The van der Waals surface area contributed by atoms with Crippen LogP contribution in [0.5, 0.6) is 0 Å². The number of carbonyl (C=O) groups excluding carboxylic acids is 1. The molecular formula is C40H26BrClN6O4. The first-order valence-corrected chi connectivity index (χ1v) is 17.3. The lowest BCUT2D eigenvalue weighted by Gasteiger charge is -2.34. The summed E-state index contributed by atoms with van der Waals surface area (Å²) in [6, 6.07) is 39.7. The number of carboxylic acids is 1. The maximum atomic E-state index is 12.3. The second-order valence-corrected chi connectivity index (χ2v) is 13.1. The van der Waals surface area contributed by atoms with Crippen LogP contribution >= 0.6 is 27.5 Å². The van der Waals surface area contributed by atoms with Crippen LogP contribution in [-0.4, -0.2) is 47.1 Å². The molecule has 254 valence electrons.